The molecule has 2 rings (SSSR count). The van der Waals surface area contributed by atoms with Crippen molar-refractivity contribution in [1.82, 2.24) is 10.2 Å². The average Bonchev–Trinajstić information content (AvgIpc) is 2.48. The van der Waals surface area contributed by atoms with Gasteiger partial charge in [-0.3, -0.25) is 4.90 Å². The Kier molecular flexibility index (Phi) is 5.77. The van der Waals surface area contributed by atoms with Gasteiger partial charge in [-0.1, -0.05) is 32.0 Å². The minimum Gasteiger partial charge on any atom is -0.315 e. The number of likely N-dealkylation sites (N-methyl/N-ethyl adjacent to an activating group) is 2. The normalized spacial score (nSPS) is 26.5. The van der Waals surface area contributed by atoms with Gasteiger partial charge in [-0.25, -0.2) is 4.39 Å². The third-order valence-corrected chi connectivity index (χ3v) is 5.11. The van der Waals surface area contributed by atoms with E-state index in [4.69, 9.17) is 0 Å². The predicted octanol–water partition coefficient (Wildman–Crippen LogP) is 3.67. The first-order valence-corrected chi connectivity index (χ1v) is 8.13. The molecule has 1 aromatic rings. The van der Waals surface area contributed by atoms with Gasteiger partial charge in [-0.05, 0) is 51.3 Å². The number of nitrogens with one attached hydrogen (secondary N) is 1. The van der Waals surface area contributed by atoms with Crippen LogP contribution < -0.4 is 5.32 Å². The molecule has 1 aromatic carbocycles. The van der Waals surface area contributed by atoms with E-state index in [0.29, 0.717) is 18.6 Å². The van der Waals surface area contributed by atoms with Crippen LogP contribution in [0.25, 0.3) is 0 Å². The lowest BCUT2D eigenvalue weighted by Gasteiger charge is -2.42. The maximum atomic E-state index is 13.9. The SMILES string of the molecule is CNC1CCC(C(C)C)CC1N(C)Cc1ccccc1F. The van der Waals surface area contributed by atoms with Crippen molar-refractivity contribution in [2.24, 2.45) is 11.8 Å². The Hall–Kier alpha value is -0.930. The highest BCUT2D eigenvalue weighted by molar-refractivity contribution is 5.17. The topological polar surface area (TPSA) is 15.3 Å². The third-order valence-electron chi connectivity index (χ3n) is 5.11. The monoisotopic (exact) mass is 292 g/mol. The van der Waals surface area contributed by atoms with Crippen molar-refractivity contribution in [2.45, 2.75) is 51.7 Å². The van der Waals surface area contributed by atoms with Crippen LogP contribution in [0.2, 0.25) is 0 Å². The molecule has 0 saturated heterocycles. The number of benzene rings is 1. The highest BCUT2D eigenvalue weighted by Gasteiger charge is 2.33. The van der Waals surface area contributed by atoms with Crippen LogP contribution in [0.15, 0.2) is 24.3 Å². The van der Waals surface area contributed by atoms with Gasteiger partial charge in [0.15, 0.2) is 0 Å². The summed E-state index contributed by atoms with van der Waals surface area (Å²) in [7, 11) is 4.18. The molecule has 0 spiro atoms. The Balaban J connectivity index is 2.07. The molecule has 0 aromatic heterocycles. The molecule has 0 amide bonds. The van der Waals surface area contributed by atoms with Crippen LogP contribution in [0.5, 0.6) is 0 Å². The number of rotatable bonds is 5. The third kappa shape index (κ3) is 4.04. The fourth-order valence-corrected chi connectivity index (χ4v) is 3.62. The van der Waals surface area contributed by atoms with E-state index in [2.05, 4.69) is 31.1 Å². The van der Waals surface area contributed by atoms with E-state index in [1.807, 2.05) is 19.2 Å². The zero-order valence-corrected chi connectivity index (χ0v) is 13.8. The number of halogens is 1. The van der Waals surface area contributed by atoms with E-state index in [0.717, 1.165) is 17.4 Å². The molecule has 3 atom stereocenters. The molecule has 0 heterocycles. The highest BCUT2D eigenvalue weighted by atomic mass is 19.1. The second-order valence-corrected chi connectivity index (χ2v) is 6.79. The lowest BCUT2D eigenvalue weighted by Crippen LogP contribution is -2.51. The summed E-state index contributed by atoms with van der Waals surface area (Å²) >= 11 is 0. The Morgan fingerprint density at radius 3 is 2.62 bits per heavy atom. The fraction of sp³-hybridized carbons (Fsp3) is 0.667. The van der Waals surface area contributed by atoms with E-state index in [1.54, 1.807) is 12.1 Å². The smallest absolute Gasteiger partial charge is 0.127 e. The van der Waals surface area contributed by atoms with Gasteiger partial charge in [0.25, 0.3) is 0 Å². The molecule has 1 N–H and O–H groups in total. The Bertz CT molecular complexity index is 447. The summed E-state index contributed by atoms with van der Waals surface area (Å²) in [4.78, 5) is 2.33. The maximum absolute atomic E-state index is 13.9. The lowest BCUT2D eigenvalue weighted by atomic mass is 9.76. The van der Waals surface area contributed by atoms with Gasteiger partial charge in [0.1, 0.15) is 5.82 Å². The molecule has 2 nitrogen and oxygen atoms in total. The van der Waals surface area contributed by atoms with Gasteiger partial charge in [-0.15, -0.1) is 0 Å². The van der Waals surface area contributed by atoms with Gasteiger partial charge in [0.2, 0.25) is 0 Å². The Morgan fingerprint density at radius 2 is 2.00 bits per heavy atom. The largest absolute Gasteiger partial charge is 0.315 e. The molecule has 1 fully saturated rings. The molecule has 118 valence electrons. The first kappa shape index (κ1) is 16.4. The van der Waals surface area contributed by atoms with Crippen molar-refractivity contribution < 1.29 is 4.39 Å². The van der Waals surface area contributed by atoms with E-state index in [1.165, 1.54) is 19.3 Å². The summed E-state index contributed by atoms with van der Waals surface area (Å²) in [6.45, 7) is 5.32. The fourth-order valence-electron chi connectivity index (χ4n) is 3.62. The molecule has 3 unspecified atom stereocenters. The van der Waals surface area contributed by atoms with Crippen LogP contribution >= 0.6 is 0 Å². The second-order valence-electron chi connectivity index (χ2n) is 6.79. The highest BCUT2D eigenvalue weighted by Crippen LogP contribution is 2.33. The van der Waals surface area contributed by atoms with Gasteiger partial charge in [0, 0.05) is 24.2 Å². The molecule has 0 radical (unpaired) electrons. The summed E-state index contributed by atoms with van der Waals surface area (Å²) in [6, 6.07) is 8.11. The van der Waals surface area contributed by atoms with E-state index in [-0.39, 0.29) is 5.82 Å². The quantitative estimate of drug-likeness (QED) is 0.891. The minimum absolute atomic E-state index is 0.0958. The molecular weight excluding hydrogens is 263 g/mol. The number of hydrogen-bond donors (Lipinski definition) is 1. The van der Waals surface area contributed by atoms with Crippen LogP contribution in [0.4, 0.5) is 4.39 Å². The van der Waals surface area contributed by atoms with Crippen molar-refractivity contribution in [3.8, 4) is 0 Å². The second kappa shape index (κ2) is 7.37. The molecule has 1 aliphatic carbocycles. The summed E-state index contributed by atoms with van der Waals surface area (Å²) in [5.74, 6) is 1.41. The molecule has 21 heavy (non-hydrogen) atoms. The van der Waals surface area contributed by atoms with Crippen molar-refractivity contribution >= 4 is 0 Å². The van der Waals surface area contributed by atoms with E-state index >= 15 is 0 Å². The van der Waals surface area contributed by atoms with Crippen LogP contribution in [0.3, 0.4) is 0 Å². The van der Waals surface area contributed by atoms with E-state index in [9.17, 15) is 4.39 Å². The van der Waals surface area contributed by atoms with Crippen molar-refractivity contribution in [2.75, 3.05) is 14.1 Å². The first-order chi connectivity index (χ1) is 10.0. The van der Waals surface area contributed by atoms with Crippen LogP contribution in [0, 0.1) is 17.7 Å². The molecule has 1 saturated carbocycles. The first-order valence-electron chi connectivity index (χ1n) is 8.13. The van der Waals surface area contributed by atoms with Crippen molar-refractivity contribution in [3.05, 3.63) is 35.6 Å². The predicted molar refractivity (Wildman–Crippen MR) is 86.7 cm³/mol. The van der Waals surface area contributed by atoms with Crippen molar-refractivity contribution in [3.63, 3.8) is 0 Å². The standard InChI is InChI=1S/C18H29FN2/c1-13(2)14-9-10-17(20-3)18(11-14)21(4)12-15-7-5-6-8-16(15)19/h5-8,13-14,17-18,20H,9-12H2,1-4H3. The summed E-state index contributed by atoms with van der Waals surface area (Å²) in [5, 5.41) is 3.46. The molecule has 1 aliphatic rings. The zero-order valence-electron chi connectivity index (χ0n) is 13.8. The van der Waals surface area contributed by atoms with E-state index < -0.39 is 0 Å². The van der Waals surface area contributed by atoms with Gasteiger partial charge in [0.05, 0.1) is 0 Å². The Labute approximate surface area is 128 Å². The van der Waals surface area contributed by atoms with Crippen LogP contribution in [-0.2, 0) is 6.54 Å². The number of nitrogens with zero attached hydrogens (tertiary/aromatic N) is 1. The summed E-state index contributed by atoms with van der Waals surface area (Å²) in [6.07, 6.45) is 3.72. The zero-order chi connectivity index (χ0) is 15.4. The molecular formula is C18H29FN2. The van der Waals surface area contributed by atoms with Crippen molar-refractivity contribution in [1.29, 1.82) is 0 Å². The maximum Gasteiger partial charge on any atom is 0.127 e. The van der Waals surface area contributed by atoms with Gasteiger partial charge >= 0.3 is 0 Å². The lowest BCUT2D eigenvalue weighted by molar-refractivity contribution is 0.0999. The molecule has 0 bridgehead atoms. The van der Waals surface area contributed by atoms with Crippen LogP contribution in [-0.4, -0.2) is 31.1 Å². The molecule has 0 aliphatic heterocycles. The summed E-state index contributed by atoms with van der Waals surface area (Å²) < 4.78 is 13.9. The van der Waals surface area contributed by atoms with Gasteiger partial charge in [-0.2, -0.15) is 0 Å². The van der Waals surface area contributed by atoms with Crippen LogP contribution in [0.1, 0.15) is 38.7 Å². The number of hydrogen-bond acceptors (Lipinski definition) is 2. The summed E-state index contributed by atoms with van der Waals surface area (Å²) in [5.41, 5.74) is 0.793. The Morgan fingerprint density at radius 1 is 1.29 bits per heavy atom. The minimum atomic E-state index is -0.0958. The van der Waals surface area contributed by atoms with Gasteiger partial charge < -0.3 is 5.32 Å². The molecule has 3 heteroatoms. The average molecular weight is 292 g/mol.